The van der Waals surface area contributed by atoms with Crippen LogP contribution in [-0.2, 0) is 4.79 Å². The normalized spacial score (nSPS) is 12.9. The van der Waals surface area contributed by atoms with Crippen molar-refractivity contribution in [1.29, 1.82) is 0 Å². The van der Waals surface area contributed by atoms with Crippen LogP contribution in [0.15, 0.2) is 30.6 Å². The molecule has 0 fully saturated rings. The summed E-state index contributed by atoms with van der Waals surface area (Å²) in [5.74, 6) is -0.0512. The third-order valence-corrected chi connectivity index (χ3v) is 3.61. The summed E-state index contributed by atoms with van der Waals surface area (Å²) in [6, 6.07) is 7.14. The molecule has 0 saturated heterocycles. The Bertz CT molecular complexity index is 825. The van der Waals surface area contributed by atoms with Crippen molar-refractivity contribution in [2.45, 2.75) is 26.3 Å². The summed E-state index contributed by atoms with van der Waals surface area (Å²) in [6.07, 6.45) is 1.97. The molecule has 6 nitrogen and oxygen atoms in total. The Morgan fingerprint density at radius 3 is 2.82 bits per heavy atom. The average molecular weight is 298 g/mol. The SMILES string of the molecule is CC(C)CC(Nc1ncnc2[nH]c3ccccc3c12)C(=O)O. The van der Waals surface area contributed by atoms with E-state index in [4.69, 9.17) is 0 Å². The zero-order valence-electron chi connectivity index (χ0n) is 12.5. The van der Waals surface area contributed by atoms with E-state index in [1.807, 2.05) is 38.1 Å². The first kappa shape index (κ1) is 14.3. The second-order valence-electron chi connectivity index (χ2n) is 5.78. The van der Waals surface area contributed by atoms with Crippen LogP contribution in [0.1, 0.15) is 20.3 Å². The number of fused-ring (bicyclic) bond motifs is 3. The Morgan fingerprint density at radius 2 is 2.09 bits per heavy atom. The molecule has 3 aromatic rings. The number of carboxylic acids is 1. The largest absolute Gasteiger partial charge is 0.480 e. The van der Waals surface area contributed by atoms with Gasteiger partial charge in [0.15, 0.2) is 0 Å². The minimum absolute atomic E-state index is 0.272. The molecule has 22 heavy (non-hydrogen) atoms. The molecule has 0 spiro atoms. The van der Waals surface area contributed by atoms with Gasteiger partial charge < -0.3 is 15.4 Å². The fourth-order valence-corrected chi connectivity index (χ4v) is 2.64. The fourth-order valence-electron chi connectivity index (χ4n) is 2.64. The molecular formula is C16H18N4O2. The molecule has 1 atom stereocenters. The molecule has 2 aromatic heterocycles. The van der Waals surface area contributed by atoms with E-state index in [1.54, 1.807) is 0 Å². The highest BCUT2D eigenvalue weighted by molar-refractivity contribution is 6.11. The van der Waals surface area contributed by atoms with Gasteiger partial charge in [-0.1, -0.05) is 32.0 Å². The van der Waals surface area contributed by atoms with Gasteiger partial charge in [-0.3, -0.25) is 0 Å². The van der Waals surface area contributed by atoms with Crippen molar-refractivity contribution < 1.29 is 9.90 Å². The Morgan fingerprint density at radius 1 is 1.32 bits per heavy atom. The van der Waals surface area contributed by atoms with Crippen LogP contribution >= 0.6 is 0 Å². The van der Waals surface area contributed by atoms with E-state index in [-0.39, 0.29) is 5.92 Å². The van der Waals surface area contributed by atoms with Crippen LogP contribution in [-0.4, -0.2) is 32.1 Å². The number of para-hydroxylation sites is 1. The zero-order valence-corrected chi connectivity index (χ0v) is 12.5. The van der Waals surface area contributed by atoms with Crippen LogP contribution in [0.4, 0.5) is 5.82 Å². The van der Waals surface area contributed by atoms with E-state index in [2.05, 4.69) is 20.3 Å². The number of aliphatic carboxylic acids is 1. The maximum atomic E-state index is 11.5. The van der Waals surface area contributed by atoms with E-state index >= 15 is 0 Å². The number of carbonyl (C=O) groups is 1. The third kappa shape index (κ3) is 2.59. The Hall–Kier alpha value is -2.63. The predicted octanol–water partition coefficient (Wildman–Crippen LogP) is 3.02. The van der Waals surface area contributed by atoms with Crippen molar-refractivity contribution in [2.75, 3.05) is 5.32 Å². The average Bonchev–Trinajstić information content (AvgIpc) is 2.85. The monoisotopic (exact) mass is 298 g/mol. The standard InChI is InChI=1S/C16H18N4O2/c1-9(2)7-12(16(21)22)20-15-13-10-5-3-4-6-11(10)19-14(13)17-8-18-15/h3-6,8-9,12H,7H2,1-2H3,(H,21,22)(H2,17,18,19,20). The molecule has 3 N–H and O–H groups in total. The summed E-state index contributed by atoms with van der Waals surface area (Å²) in [7, 11) is 0. The van der Waals surface area contributed by atoms with Gasteiger partial charge in [0.05, 0.1) is 5.39 Å². The van der Waals surface area contributed by atoms with Crippen molar-refractivity contribution in [2.24, 2.45) is 5.92 Å². The molecule has 6 heteroatoms. The van der Waals surface area contributed by atoms with Crippen LogP contribution in [0, 0.1) is 5.92 Å². The van der Waals surface area contributed by atoms with E-state index in [1.165, 1.54) is 6.33 Å². The molecule has 2 heterocycles. The number of H-pyrrole nitrogens is 1. The lowest BCUT2D eigenvalue weighted by Gasteiger charge is -2.17. The number of aromatic nitrogens is 3. The van der Waals surface area contributed by atoms with Gasteiger partial charge in [-0.2, -0.15) is 0 Å². The quantitative estimate of drug-likeness (QED) is 0.673. The van der Waals surface area contributed by atoms with E-state index in [0.29, 0.717) is 17.9 Å². The molecule has 0 saturated carbocycles. The van der Waals surface area contributed by atoms with Crippen LogP contribution in [0.3, 0.4) is 0 Å². The smallest absolute Gasteiger partial charge is 0.326 e. The summed E-state index contributed by atoms with van der Waals surface area (Å²) in [5.41, 5.74) is 1.66. The lowest BCUT2D eigenvalue weighted by molar-refractivity contribution is -0.138. The lowest BCUT2D eigenvalue weighted by atomic mass is 10.0. The van der Waals surface area contributed by atoms with Crippen molar-refractivity contribution in [1.82, 2.24) is 15.0 Å². The second kappa shape index (κ2) is 5.63. The number of hydrogen-bond donors (Lipinski definition) is 3. The highest BCUT2D eigenvalue weighted by atomic mass is 16.4. The number of carboxylic acid groups (broad SMARTS) is 1. The second-order valence-corrected chi connectivity index (χ2v) is 5.78. The lowest BCUT2D eigenvalue weighted by Crippen LogP contribution is -2.31. The number of benzene rings is 1. The van der Waals surface area contributed by atoms with Gasteiger partial charge in [0.1, 0.15) is 23.8 Å². The van der Waals surface area contributed by atoms with Crippen molar-refractivity contribution in [3.8, 4) is 0 Å². The van der Waals surface area contributed by atoms with Crippen molar-refractivity contribution in [3.05, 3.63) is 30.6 Å². The summed E-state index contributed by atoms with van der Waals surface area (Å²) in [4.78, 5) is 23.2. The predicted molar refractivity (Wildman–Crippen MR) is 85.9 cm³/mol. The Kier molecular flexibility index (Phi) is 3.66. The van der Waals surface area contributed by atoms with Crippen LogP contribution < -0.4 is 5.32 Å². The van der Waals surface area contributed by atoms with Gasteiger partial charge in [0.25, 0.3) is 0 Å². The molecule has 0 amide bonds. The third-order valence-electron chi connectivity index (χ3n) is 3.61. The van der Waals surface area contributed by atoms with E-state index in [9.17, 15) is 9.90 Å². The summed E-state index contributed by atoms with van der Waals surface area (Å²) >= 11 is 0. The maximum absolute atomic E-state index is 11.5. The Labute approximate surface area is 127 Å². The van der Waals surface area contributed by atoms with Gasteiger partial charge in [0, 0.05) is 10.9 Å². The molecule has 0 aliphatic heterocycles. The van der Waals surface area contributed by atoms with Gasteiger partial charge >= 0.3 is 5.97 Å². The highest BCUT2D eigenvalue weighted by Gasteiger charge is 2.21. The minimum Gasteiger partial charge on any atom is -0.480 e. The first-order valence-corrected chi connectivity index (χ1v) is 7.27. The summed E-state index contributed by atoms with van der Waals surface area (Å²) in [5, 5.41) is 14.3. The number of anilines is 1. The van der Waals surface area contributed by atoms with E-state index in [0.717, 1.165) is 16.3 Å². The molecule has 0 bridgehead atoms. The minimum atomic E-state index is -0.875. The maximum Gasteiger partial charge on any atom is 0.326 e. The van der Waals surface area contributed by atoms with Crippen molar-refractivity contribution in [3.63, 3.8) is 0 Å². The molecule has 0 aliphatic rings. The summed E-state index contributed by atoms with van der Waals surface area (Å²) in [6.45, 7) is 4.00. The topological polar surface area (TPSA) is 90.9 Å². The number of aromatic amines is 1. The molecule has 0 aliphatic carbocycles. The number of nitrogens with one attached hydrogen (secondary N) is 2. The van der Waals surface area contributed by atoms with Gasteiger partial charge in [-0.05, 0) is 18.4 Å². The molecule has 114 valence electrons. The fraction of sp³-hybridized carbons (Fsp3) is 0.312. The van der Waals surface area contributed by atoms with Gasteiger partial charge in [-0.15, -0.1) is 0 Å². The zero-order chi connectivity index (χ0) is 15.7. The van der Waals surface area contributed by atoms with Crippen LogP contribution in [0.5, 0.6) is 0 Å². The molecule has 0 radical (unpaired) electrons. The molecule has 1 unspecified atom stereocenters. The number of hydrogen-bond acceptors (Lipinski definition) is 4. The number of rotatable bonds is 5. The van der Waals surface area contributed by atoms with E-state index < -0.39 is 12.0 Å². The van der Waals surface area contributed by atoms with Crippen LogP contribution in [0.25, 0.3) is 21.9 Å². The first-order chi connectivity index (χ1) is 10.6. The van der Waals surface area contributed by atoms with Crippen LogP contribution in [0.2, 0.25) is 0 Å². The molecular weight excluding hydrogens is 280 g/mol. The highest BCUT2D eigenvalue weighted by Crippen LogP contribution is 2.29. The first-order valence-electron chi connectivity index (χ1n) is 7.27. The Balaban J connectivity index is 2.08. The molecule has 1 aromatic carbocycles. The van der Waals surface area contributed by atoms with Gasteiger partial charge in [0.2, 0.25) is 0 Å². The van der Waals surface area contributed by atoms with Gasteiger partial charge in [-0.25, -0.2) is 14.8 Å². The molecule has 3 rings (SSSR count). The number of nitrogens with zero attached hydrogens (tertiary/aromatic N) is 2. The summed E-state index contributed by atoms with van der Waals surface area (Å²) < 4.78 is 0. The van der Waals surface area contributed by atoms with Crippen molar-refractivity contribution >= 4 is 33.7 Å².